The van der Waals surface area contributed by atoms with Gasteiger partial charge in [-0.15, -0.1) is 0 Å². The molecule has 0 amide bonds. The van der Waals surface area contributed by atoms with Crippen molar-refractivity contribution in [3.63, 3.8) is 0 Å². The van der Waals surface area contributed by atoms with Crippen molar-refractivity contribution >= 4 is 10.8 Å². The van der Waals surface area contributed by atoms with Gasteiger partial charge in [0.2, 0.25) is 5.88 Å². The SMILES string of the molecule is COc1cc2cc(-c3ccccc3)nc(Oc3ccccc3)c2cc1OC. The summed E-state index contributed by atoms with van der Waals surface area (Å²) >= 11 is 0. The summed E-state index contributed by atoms with van der Waals surface area (Å²) in [5.74, 6) is 2.56. The minimum atomic E-state index is 0.526. The molecule has 0 aliphatic rings. The first-order valence-corrected chi connectivity index (χ1v) is 8.63. The molecule has 3 aromatic carbocycles. The number of methoxy groups -OCH3 is 2. The lowest BCUT2D eigenvalue weighted by Gasteiger charge is -2.14. The van der Waals surface area contributed by atoms with E-state index in [-0.39, 0.29) is 0 Å². The van der Waals surface area contributed by atoms with Gasteiger partial charge in [-0.3, -0.25) is 0 Å². The van der Waals surface area contributed by atoms with Crippen LogP contribution in [0.4, 0.5) is 0 Å². The maximum absolute atomic E-state index is 6.12. The van der Waals surface area contributed by atoms with Crippen LogP contribution in [-0.2, 0) is 0 Å². The van der Waals surface area contributed by atoms with Crippen molar-refractivity contribution in [2.75, 3.05) is 14.2 Å². The van der Waals surface area contributed by atoms with Gasteiger partial charge in [0, 0.05) is 10.9 Å². The predicted octanol–water partition coefficient (Wildman–Crippen LogP) is 5.71. The average Bonchev–Trinajstić information content (AvgIpc) is 2.74. The first-order valence-electron chi connectivity index (χ1n) is 8.63. The third kappa shape index (κ3) is 3.42. The Kier molecular flexibility index (Phi) is 4.62. The van der Waals surface area contributed by atoms with E-state index in [0.717, 1.165) is 27.8 Å². The van der Waals surface area contributed by atoms with Crippen LogP contribution in [0.15, 0.2) is 78.9 Å². The topological polar surface area (TPSA) is 40.6 Å². The van der Waals surface area contributed by atoms with Gasteiger partial charge in [0.15, 0.2) is 11.5 Å². The molecule has 0 bridgehead atoms. The monoisotopic (exact) mass is 357 g/mol. The zero-order valence-corrected chi connectivity index (χ0v) is 15.2. The Morgan fingerprint density at radius 3 is 2.00 bits per heavy atom. The Labute approximate surface area is 158 Å². The van der Waals surface area contributed by atoms with E-state index in [2.05, 4.69) is 0 Å². The minimum absolute atomic E-state index is 0.526. The van der Waals surface area contributed by atoms with Crippen molar-refractivity contribution in [3.05, 3.63) is 78.9 Å². The number of hydrogen-bond acceptors (Lipinski definition) is 4. The molecule has 4 rings (SSSR count). The van der Waals surface area contributed by atoms with Crippen LogP contribution in [0, 0.1) is 0 Å². The molecule has 0 saturated carbocycles. The fourth-order valence-corrected chi connectivity index (χ4v) is 2.98. The van der Waals surface area contributed by atoms with Gasteiger partial charge in [0.1, 0.15) is 5.75 Å². The van der Waals surface area contributed by atoms with Crippen LogP contribution in [0.5, 0.6) is 23.1 Å². The van der Waals surface area contributed by atoms with Crippen LogP contribution in [0.2, 0.25) is 0 Å². The van der Waals surface area contributed by atoms with Crippen molar-refractivity contribution in [1.82, 2.24) is 4.98 Å². The summed E-state index contributed by atoms with van der Waals surface area (Å²) in [6, 6.07) is 25.5. The molecule has 0 spiro atoms. The van der Waals surface area contributed by atoms with E-state index in [1.165, 1.54) is 0 Å². The highest BCUT2D eigenvalue weighted by Crippen LogP contribution is 2.38. The standard InChI is InChI=1S/C23H19NO3/c1-25-21-14-17-13-20(16-9-5-3-6-10-16)24-23(19(17)15-22(21)26-2)27-18-11-7-4-8-12-18/h3-15H,1-2H3. The van der Waals surface area contributed by atoms with Gasteiger partial charge in [-0.1, -0.05) is 48.5 Å². The van der Waals surface area contributed by atoms with Crippen molar-refractivity contribution in [3.8, 4) is 34.4 Å². The Hall–Kier alpha value is -3.53. The van der Waals surface area contributed by atoms with E-state index >= 15 is 0 Å². The van der Waals surface area contributed by atoms with Crippen molar-refractivity contribution < 1.29 is 14.2 Å². The summed E-state index contributed by atoms with van der Waals surface area (Å²) in [7, 11) is 3.25. The summed E-state index contributed by atoms with van der Waals surface area (Å²) in [5.41, 5.74) is 1.85. The molecule has 0 aliphatic carbocycles. The van der Waals surface area contributed by atoms with E-state index in [1.54, 1.807) is 14.2 Å². The van der Waals surface area contributed by atoms with E-state index in [0.29, 0.717) is 17.4 Å². The maximum Gasteiger partial charge on any atom is 0.227 e. The van der Waals surface area contributed by atoms with Gasteiger partial charge in [0.25, 0.3) is 0 Å². The Morgan fingerprint density at radius 1 is 0.704 bits per heavy atom. The molecule has 1 heterocycles. The lowest BCUT2D eigenvalue weighted by molar-refractivity contribution is 0.355. The van der Waals surface area contributed by atoms with Gasteiger partial charge in [-0.25, -0.2) is 4.98 Å². The first kappa shape index (κ1) is 16.9. The predicted molar refractivity (Wildman–Crippen MR) is 107 cm³/mol. The number of fused-ring (bicyclic) bond motifs is 1. The molecule has 134 valence electrons. The van der Waals surface area contributed by atoms with E-state index < -0.39 is 0 Å². The van der Waals surface area contributed by atoms with Gasteiger partial charge >= 0.3 is 0 Å². The molecule has 4 heteroatoms. The van der Waals surface area contributed by atoms with E-state index in [1.807, 2.05) is 78.9 Å². The highest BCUT2D eigenvalue weighted by Gasteiger charge is 2.14. The summed E-state index contributed by atoms with van der Waals surface area (Å²) in [6.45, 7) is 0. The number of hydrogen-bond donors (Lipinski definition) is 0. The molecular formula is C23H19NO3. The third-order valence-electron chi connectivity index (χ3n) is 4.33. The number of benzene rings is 3. The lowest BCUT2D eigenvalue weighted by Crippen LogP contribution is -1.95. The molecule has 0 aliphatic heterocycles. The summed E-state index contributed by atoms with van der Waals surface area (Å²) in [6.07, 6.45) is 0. The highest BCUT2D eigenvalue weighted by molar-refractivity contribution is 5.93. The molecule has 4 nitrogen and oxygen atoms in total. The van der Waals surface area contributed by atoms with Gasteiger partial charge < -0.3 is 14.2 Å². The fourth-order valence-electron chi connectivity index (χ4n) is 2.98. The summed E-state index contributed by atoms with van der Waals surface area (Å²) in [5, 5.41) is 1.82. The zero-order valence-electron chi connectivity index (χ0n) is 15.2. The summed E-state index contributed by atoms with van der Waals surface area (Å²) in [4.78, 5) is 4.78. The molecule has 0 saturated heterocycles. The Morgan fingerprint density at radius 2 is 1.33 bits per heavy atom. The molecule has 0 fully saturated rings. The largest absolute Gasteiger partial charge is 0.493 e. The van der Waals surface area contributed by atoms with Crippen molar-refractivity contribution in [2.24, 2.45) is 0 Å². The Bertz CT molecular complexity index is 1060. The first-order chi connectivity index (χ1) is 13.3. The van der Waals surface area contributed by atoms with Gasteiger partial charge in [-0.2, -0.15) is 0 Å². The molecule has 0 N–H and O–H groups in total. The lowest BCUT2D eigenvalue weighted by atomic mass is 10.1. The van der Waals surface area contributed by atoms with Gasteiger partial charge in [-0.05, 0) is 35.7 Å². The van der Waals surface area contributed by atoms with Crippen LogP contribution in [-0.4, -0.2) is 19.2 Å². The van der Waals surface area contributed by atoms with Gasteiger partial charge in [0.05, 0.1) is 19.9 Å². The highest BCUT2D eigenvalue weighted by atomic mass is 16.5. The smallest absolute Gasteiger partial charge is 0.227 e. The fraction of sp³-hybridized carbons (Fsp3) is 0.0870. The van der Waals surface area contributed by atoms with Crippen LogP contribution in [0.3, 0.4) is 0 Å². The molecule has 4 aromatic rings. The van der Waals surface area contributed by atoms with E-state index in [4.69, 9.17) is 19.2 Å². The van der Waals surface area contributed by atoms with Crippen molar-refractivity contribution in [2.45, 2.75) is 0 Å². The number of ether oxygens (including phenoxy) is 3. The number of nitrogens with zero attached hydrogens (tertiary/aromatic N) is 1. The number of aromatic nitrogens is 1. The molecule has 0 unspecified atom stereocenters. The molecular weight excluding hydrogens is 338 g/mol. The van der Waals surface area contributed by atoms with Crippen LogP contribution >= 0.6 is 0 Å². The zero-order chi connectivity index (χ0) is 18.6. The van der Waals surface area contributed by atoms with Crippen LogP contribution in [0.25, 0.3) is 22.0 Å². The molecule has 27 heavy (non-hydrogen) atoms. The second-order valence-corrected chi connectivity index (χ2v) is 6.02. The average molecular weight is 357 g/mol. The normalized spacial score (nSPS) is 10.6. The second-order valence-electron chi connectivity index (χ2n) is 6.02. The third-order valence-corrected chi connectivity index (χ3v) is 4.33. The van der Waals surface area contributed by atoms with Crippen LogP contribution < -0.4 is 14.2 Å². The second kappa shape index (κ2) is 7.38. The summed E-state index contributed by atoms with van der Waals surface area (Å²) < 4.78 is 17.0. The number of pyridine rings is 1. The minimum Gasteiger partial charge on any atom is -0.493 e. The number of rotatable bonds is 5. The Balaban J connectivity index is 1.93. The molecule has 0 radical (unpaired) electrons. The number of para-hydroxylation sites is 1. The maximum atomic E-state index is 6.12. The van der Waals surface area contributed by atoms with E-state index in [9.17, 15) is 0 Å². The molecule has 1 aromatic heterocycles. The van der Waals surface area contributed by atoms with Crippen LogP contribution in [0.1, 0.15) is 0 Å². The quantitative estimate of drug-likeness (QED) is 0.459. The molecule has 0 atom stereocenters. The van der Waals surface area contributed by atoms with Crippen molar-refractivity contribution in [1.29, 1.82) is 0 Å².